The average molecular weight is 397 g/mol. The van der Waals surface area contributed by atoms with E-state index in [2.05, 4.69) is 15.2 Å². The molecule has 0 radical (unpaired) electrons. The molecule has 0 aliphatic carbocycles. The number of rotatable bonds is 5. The van der Waals surface area contributed by atoms with Crippen LogP contribution in [0.3, 0.4) is 0 Å². The fraction of sp³-hybridized carbons (Fsp3) is 0.400. The van der Waals surface area contributed by atoms with Gasteiger partial charge < -0.3 is 9.73 Å². The second-order valence-electron chi connectivity index (χ2n) is 7.26. The lowest BCUT2D eigenvalue weighted by Crippen LogP contribution is -2.38. The molecule has 1 N–H and O–H groups in total. The molecule has 0 saturated carbocycles. The van der Waals surface area contributed by atoms with Crippen molar-refractivity contribution in [1.82, 2.24) is 24.3 Å². The van der Waals surface area contributed by atoms with Gasteiger partial charge in [0.15, 0.2) is 0 Å². The van der Waals surface area contributed by atoms with Gasteiger partial charge in [-0.3, -0.25) is 23.6 Å². The molecule has 0 spiro atoms. The third kappa shape index (κ3) is 3.49. The molecule has 0 unspecified atom stereocenters. The highest BCUT2D eigenvalue weighted by atomic mass is 16.3. The van der Waals surface area contributed by atoms with Gasteiger partial charge in [0, 0.05) is 20.6 Å². The molecule has 4 rings (SSSR count). The Labute approximate surface area is 166 Å². The van der Waals surface area contributed by atoms with Gasteiger partial charge in [0.05, 0.1) is 17.7 Å². The van der Waals surface area contributed by atoms with Crippen LogP contribution in [0, 0.1) is 0 Å². The lowest BCUT2D eigenvalue weighted by Gasteiger charge is -2.25. The van der Waals surface area contributed by atoms with Gasteiger partial charge in [-0.1, -0.05) is 0 Å². The van der Waals surface area contributed by atoms with Crippen molar-refractivity contribution in [3.63, 3.8) is 0 Å². The Morgan fingerprint density at radius 1 is 1.17 bits per heavy atom. The van der Waals surface area contributed by atoms with E-state index >= 15 is 0 Å². The van der Waals surface area contributed by atoms with Crippen LogP contribution < -0.4 is 16.6 Å². The number of furan rings is 1. The minimum absolute atomic E-state index is 0.0476. The number of aryl methyl sites for hydroxylation is 1. The third-order valence-electron chi connectivity index (χ3n) is 5.44. The van der Waals surface area contributed by atoms with Crippen LogP contribution in [0.2, 0.25) is 0 Å². The molecule has 1 aliphatic heterocycles. The van der Waals surface area contributed by atoms with Crippen LogP contribution in [-0.4, -0.2) is 44.6 Å². The molecule has 1 atom stereocenters. The van der Waals surface area contributed by atoms with E-state index in [-0.39, 0.29) is 28.7 Å². The maximum Gasteiger partial charge on any atom is 0.332 e. The molecule has 1 saturated heterocycles. The first-order valence-electron chi connectivity index (χ1n) is 9.60. The van der Waals surface area contributed by atoms with Crippen molar-refractivity contribution in [2.24, 2.45) is 14.1 Å². The normalized spacial score (nSPS) is 15.7. The van der Waals surface area contributed by atoms with Gasteiger partial charge in [-0.05, 0) is 50.2 Å². The van der Waals surface area contributed by atoms with E-state index in [9.17, 15) is 14.4 Å². The van der Waals surface area contributed by atoms with Crippen molar-refractivity contribution in [3.05, 3.63) is 62.8 Å². The monoisotopic (exact) mass is 397 g/mol. The van der Waals surface area contributed by atoms with Crippen molar-refractivity contribution >= 4 is 16.9 Å². The molecular weight excluding hydrogens is 374 g/mol. The zero-order valence-corrected chi connectivity index (χ0v) is 16.4. The van der Waals surface area contributed by atoms with Crippen molar-refractivity contribution < 1.29 is 9.21 Å². The molecule has 1 fully saturated rings. The van der Waals surface area contributed by atoms with Crippen LogP contribution in [0.25, 0.3) is 11.0 Å². The number of carbonyl (C=O) groups is 1. The summed E-state index contributed by atoms with van der Waals surface area (Å²) in [4.78, 5) is 43.7. The maximum absolute atomic E-state index is 12.7. The van der Waals surface area contributed by atoms with Gasteiger partial charge in [0.25, 0.3) is 11.5 Å². The summed E-state index contributed by atoms with van der Waals surface area (Å²) < 4.78 is 7.86. The van der Waals surface area contributed by atoms with E-state index < -0.39 is 11.2 Å². The van der Waals surface area contributed by atoms with E-state index in [0.717, 1.165) is 36.3 Å². The fourth-order valence-electron chi connectivity index (χ4n) is 3.80. The Morgan fingerprint density at radius 2 is 1.93 bits per heavy atom. The van der Waals surface area contributed by atoms with Crippen molar-refractivity contribution in [3.8, 4) is 0 Å². The topological polar surface area (TPSA) is 102 Å². The second kappa shape index (κ2) is 7.67. The van der Waals surface area contributed by atoms with Crippen LogP contribution in [0.1, 0.15) is 35.1 Å². The van der Waals surface area contributed by atoms with Gasteiger partial charge in [0.2, 0.25) is 0 Å². The summed E-state index contributed by atoms with van der Waals surface area (Å²) in [6, 6.07) is 6.74. The molecular formula is C20H23N5O4. The molecule has 9 heteroatoms. The number of pyridine rings is 1. The van der Waals surface area contributed by atoms with Crippen LogP contribution in [0.15, 0.2) is 44.5 Å². The van der Waals surface area contributed by atoms with Gasteiger partial charge >= 0.3 is 5.69 Å². The summed E-state index contributed by atoms with van der Waals surface area (Å²) in [6.07, 6.45) is 3.88. The highest BCUT2D eigenvalue weighted by Gasteiger charge is 2.26. The predicted molar refractivity (Wildman–Crippen MR) is 107 cm³/mol. The van der Waals surface area contributed by atoms with E-state index in [1.54, 1.807) is 6.26 Å². The molecule has 4 heterocycles. The summed E-state index contributed by atoms with van der Waals surface area (Å²) >= 11 is 0. The summed E-state index contributed by atoms with van der Waals surface area (Å²) in [6.45, 7) is 2.29. The zero-order chi connectivity index (χ0) is 20.5. The van der Waals surface area contributed by atoms with Gasteiger partial charge in [0.1, 0.15) is 17.1 Å². The molecule has 3 aromatic heterocycles. The molecule has 1 aliphatic rings. The quantitative estimate of drug-likeness (QED) is 0.683. The number of carbonyl (C=O) groups excluding carboxylic acids is 1. The van der Waals surface area contributed by atoms with E-state index in [1.165, 1.54) is 30.8 Å². The van der Waals surface area contributed by atoms with Crippen LogP contribution in [-0.2, 0) is 14.1 Å². The number of fused-ring (bicyclic) bond motifs is 1. The predicted octanol–water partition coefficient (Wildman–Crippen LogP) is 0.792. The number of aromatic nitrogens is 3. The highest BCUT2D eigenvalue weighted by molar-refractivity contribution is 5.94. The first kappa shape index (κ1) is 19.1. The number of amides is 1. The first-order valence-corrected chi connectivity index (χ1v) is 9.60. The Balaban J connectivity index is 1.58. The molecule has 152 valence electrons. The SMILES string of the molecule is Cn1c(=O)c2ccc(C(=O)NC[C@@H](c3ccco3)N3CCCC3)nc2n(C)c1=O. The van der Waals surface area contributed by atoms with Gasteiger partial charge in [-0.25, -0.2) is 9.78 Å². The minimum atomic E-state index is -0.487. The fourth-order valence-corrected chi connectivity index (χ4v) is 3.80. The maximum atomic E-state index is 12.7. The van der Waals surface area contributed by atoms with Gasteiger partial charge in [-0.15, -0.1) is 0 Å². The van der Waals surface area contributed by atoms with Crippen LogP contribution >= 0.6 is 0 Å². The largest absolute Gasteiger partial charge is 0.468 e. The lowest BCUT2D eigenvalue weighted by molar-refractivity contribution is 0.0929. The molecule has 0 bridgehead atoms. The van der Waals surface area contributed by atoms with Crippen molar-refractivity contribution in [1.29, 1.82) is 0 Å². The summed E-state index contributed by atoms with van der Waals surface area (Å²) in [5.41, 5.74) is -0.581. The smallest absolute Gasteiger partial charge is 0.332 e. The number of likely N-dealkylation sites (tertiary alicyclic amines) is 1. The summed E-state index contributed by atoms with van der Waals surface area (Å²) in [5, 5.41) is 3.20. The van der Waals surface area contributed by atoms with Gasteiger partial charge in [-0.2, -0.15) is 0 Å². The van der Waals surface area contributed by atoms with Crippen LogP contribution in [0.4, 0.5) is 0 Å². The Bertz CT molecular complexity index is 1160. The lowest BCUT2D eigenvalue weighted by atomic mass is 10.2. The minimum Gasteiger partial charge on any atom is -0.468 e. The molecule has 9 nitrogen and oxygen atoms in total. The summed E-state index contributed by atoms with van der Waals surface area (Å²) in [7, 11) is 2.94. The standard InChI is InChI=1S/C20H23N5O4/c1-23-17-13(19(27)24(2)20(23)28)7-8-14(22-17)18(26)21-12-15(16-6-5-11-29-16)25-9-3-4-10-25/h5-8,11,15H,3-4,9-10,12H2,1-2H3,(H,21,26)/t15-/m0/s1. The number of hydrogen-bond acceptors (Lipinski definition) is 6. The Kier molecular flexibility index (Phi) is 5.06. The molecule has 3 aromatic rings. The van der Waals surface area contributed by atoms with E-state index in [4.69, 9.17) is 4.42 Å². The summed E-state index contributed by atoms with van der Waals surface area (Å²) in [5.74, 6) is 0.445. The number of nitrogens with zero attached hydrogens (tertiary/aromatic N) is 4. The number of hydrogen-bond donors (Lipinski definition) is 1. The molecule has 29 heavy (non-hydrogen) atoms. The first-order chi connectivity index (χ1) is 14.0. The third-order valence-corrected chi connectivity index (χ3v) is 5.44. The average Bonchev–Trinajstić information content (AvgIpc) is 3.45. The zero-order valence-electron chi connectivity index (χ0n) is 16.4. The van der Waals surface area contributed by atoms with Crippen molar-refractivity contribution in [2.45, 2.75) is 18.9 Å². The van der Waals surface area contributed by atoms with Crippen molar-refractivity contribution in [2.75, 3.05) is 19.6 Å². The van der Waals surface area contributed by atoms with Crippen LogP contribution in [0.5, 0.6) is 0 Å². The Hall–Kier alpha value is -3.20. The molecule has 0 aromatic carbocycles. The number of nitrogens with one attached hydrogen (secondary N) is 1. The Morgan fingerprint density at radius 3 is 2.62 bits per heavy atom. The molecule has 1 amide bonds. The van der Waals surface area contributed by atoms with E-state index in [0.29, 0.717) is 6.54 Å². The highest BCUT2D eigenvalue weighted by Crippen LogP contribution is 2.25. The second-order valence-corrected chi connectivity index (χ2v) is 7.26. The van der Waals surface area contributed by atoms with E-state index in [1.807, 2.05) is 12.1 Å².